The van der Waals surface area contributed by atoms with Gasteiger partial charge in [0.2, 0.25) is 0 Å². The molecule has 0 fully saturated rings. The number of hydrogen-bond acceptors (Lipinski definition) is 7. The van der Waals surface area contributed by atoms with Crippen molar-refractivity contribution in [3.05, 3.63) is 71.7 Å². The number of aliphatic hydroxyl groups is 2. The topological polar surface area (TPSA) is 101 Å². The molecule has 0 saturated carbocycles. The summed E-state index contributed by atoms with van der Waals surface area (Å²) in [6, 6.07) is 12.8. The van der Waals surface area contributed by atoms with Gasteiger partial charge in [0, 0.05) is 22.9 Å². The minimum Gasteiger partial charge on any atom is -0.434 e. The van der Waals surface area contributed by atoms with Crippen molar-refractivity contribution < 1.29 is 28.5 Å². The molecule has 5 rings (SSSR count). The van der Waals surface area contributed by atoms with E-state index in [2.05, 4.69) is 19.9 Å². The molecule has 1 aliphatic rings. The fraction of sp³-hybridized carbons (Fsp3) is 0.345. The number of nitrogens with zero attached hydrogens (tertiary/aromatic N) is 4. The third kappa shape index (κ3) is 5.51. The molecule has 2 atom stereocenters. The van der Waals surface area contributed by atoms with Crippen molar-refractivity contribution in [3.63, 3.8) is 0 Å². The summed E-state index contributed by atoms with van der Waals surface area (Å²) in [6.45, 7) is 1.23. The molecule has 3 heterocycles. The highest BCUT2D eigenvalue weighted by molar-refractivity contribution is 7.65. The van der Waals surface area contributed by atoms with Gasteiger partial charge in [0.05, 0.1) is 28.6 Å². The first-order valence-corrected chi connectivity index (χ1v) is 15.0. The number of fused-ring (bicyclic) bond motifs is 3. The van der Waals surface area contributed by atoms with Gasteiger partial charge in [-0.3, -0.25) is 14.7 Å². The van der Waals surface area contributed by atoms with Gasteiger partial charge in [0.15, 0.2) is 19.9 Å². The second-order valence-electron chi connectivity index (χ2n) is 9.94. The average Bonchev–Trinajstić information content (AvgIpc) is 3.50. The smallest absolute Gasteiger partial charge is 0.387 e. The van der Waals surface area contributed by atoms with Gasteiger partial charge in [0.25, 0.3) is 0 Å². The summed E-state index contributed by atoms with van der Waals surface area (Å²) in [5.74, 6) is -2.38. The Balaban J connectivity index is 1.68. The number of imidazole rings is 1. The van der Waals surface area contributed by atoms with E-state index in [0.717, 1.165) is 33.8 Å². The SMILES string of the molecule is [B]C(O)(O)N(C)C1C[C@H](c2c(C=O)cccc2OC(F)F)n2c1nc1ccc(-c3ccc(P(CC)CC)nc3)cc12. The third-order valence-electron chi connectivity index (χ3n) is 7.70. The van der Waals surface area contributed by atoms with Crippen molar-refractivity contribution in [1.29, 1.82) is 0 Å². The number of aromatic nitrogens is 3. The maximum atomic E-state index is 13.4. The molecule has 0 aliphatic carbocycles. The van der Waals surface area contributed by atoms with Gasteiger partial charge < -0.3 is 19.5 Å². The molecule has 0 amide bonds. The number of carbonyl (C=O) groups is 1. The fourth-order valence-corrected chi connectivity index (χ4v) is 7.20. The predicted molar refractivity (Wildman–Crippen MR) is 155 cm³/mol. The lowest BCUT2D eigenvalue weighted by molar-refractivity contribution is -0.202. The third-order valence-corrected chi connectivity index (χ3v) is 10.1. The molecule has 2 aromatic heterocycles. The van der Waals surface area contributed by atoms with E-state index in [0.29, 0.717) is 23.1 Å². The summed E-state index contributed by atoms with van der Waals surface area (Å²) >= 11 is 0. The number of carbonyl (C=O) groups excluding carboxylic acids is 1. The molecule has 41 heavy (non-hydrogen) atoms. The number of benzene rings is 2. The number of rotatable bonds is 10. The van der Waals surface area contributed by atoms with E-state index < -0.39 is 24.5 Å². The van der Waals surface area contributed by atoms with Crippen LogP contribution in [0.4, 0.5) is 8.78 Å². The van der Waals surface area contributed by atoms with Gasteiger partial charge in [0.1, 0.15) is 11.6 Å². The van der Waals surface area contributed by atoms with Crippen LogP contribution in [0.5, 0.6) is 5.75 Å². The summed E-state index contributed by atoms with van der Waals surface area (Å²) in [4.78, 5) is 22.7. The van der Waals surface area contributed by atoms with E-state index in [1.165, 1.54) is 25.2 Å². The Hall–Kier alpha value is -3.24. The van der Waals surface area contributed by atoms with Crippen LogP contribution in [0.15, 0.2) is 54.7 Å². The molecule has 0 bridgehead atoms. The standard InChI is InChI=1S/C29H30BF2N4O4P/c1-4-41(5-2)25-12-10-18(15-33-25)17-9-11-20-21(13-17)36-22(14-23(27(36)34-20)35(3)29(30,38)39)26-19(16-37)7-6-8-24(26)40-28(31)32/h6-13,15-16,22-23,28,38-39H,4-5,14H2,1-3H3/t22-,23?/m1/s1. The zero-order chi connectivity index (χ0) is 29.5. The quantitative estimate of drug-likeness (QED) is 0.125. The highest BCUT2D eigenvalue weighted by atomic mass is 31.1. The Morgan fingerprint density at radius 1 is 1.20 bits per heavy atom. The molecule has 0 spiro atoms. The molecule has 2 N–H and O–H groups in total. The predicted octanol–water partition coefficient (Wildman–Crippen LogP) is 4.39. The van der Waals surface area contributed by atoms with Crippen molar-refractivity contribution in [2.45, 2.75) is 44.8 Å². The number of hydrogen-bond donors (Lipinski definition) is 2. The van der Waals surface area contributed by atoms with Crippen LogP contribution in [-0.2, 0) is 0 Å². The van der Waals surface area contributed by atoms with Crippen LogP contribution in [0.2, 0.25) is 0 Å². The van der Waals surface area contributed by atoms with Crippen LogP contribution in [0.1, 0.15) is 54.1 Å². The maximum Gasteiger partial charge on any atom is 0.387 e. The lowest BCUT2D eigenvalue weighted by Gasteiger charge is -2.33. The van der Waals surface area contributed by atoms with Crippen molar-refractivity contribution in [2.75, 3.05) is 19.4 Å². The maximum absolute atomic E-state index is 13.4. The molecular weight excluding hydrogens is 548 g/mol. The van der Waals surface area contributed by atoms with Crippen molar-refractivity contribution >= 4 is 38.5 Å². The van der Waals surface area contributed by atoms with E-state index in [1.54, 1.807) is 0 Å². The van der Waals surface area contributed by atoms with E-state index in [9.17, 15) is 23.8 Å². The Kier molecular flexibility index (Phi) is 8.26. The zero-order valence-corrected chi connectivity index (χ0v) is 23.8. The summed E-state index contributed by atoms with van der Waals surface area (Å²) in [5, 5.41) is 20.4. The fourth-order valence-electron chi connectivity index (χ4n) is 5.59. The number of aldehydes is 1. The molecule has 212 valence electrons. The second kappa shape index (κ2) is 11.6. The van der Waals surface area contributed by atoms with Crippen molar-refractivity contribution in [2.24, 2.45) is 0 Å². The van der Waals surface area contributed by atoms with Crippen LogP contribution in [0, 0.1) is 0 Å². The Morgan fingerprint density at radius 2 is 1.93 bits per heavy atom. The molecule has 1 unspecified atom stereocenters. The van der Waals surface area contributed by atoms with E-state index in [1.807, 2.05) is 35.0 Å². The first-order valence-electron chi connectivity index (χ1n) is 13.3. The van der Waals surface area contributed by atoms with Gasteiger partial charge in [-0.2, -0.15) is 8.78 Å². The van der Waals surface area contributed by atoms with Crippen LogP contribution < -0.4 is 10.2 Å². The van der Waals surface area contributed by atoms with E-state index in [4.69, 9.17) is 22.6 Å². The molecule has 4 aromatic rings. The van der Waals surface area contributed by atoms with Crippen LogP contribution in [-0.4, -0.2) is 75.6 Å². The summed E-state index contributed by atoms with van der Waals surface area (Å²) in [6.07, 6.45) is 4.73. The van der Waals surface area contributed by atoms with Gasteiger partial charge in [-0.25, -0.2) is 4.98 Å². The number of halogens is 2. The number of alkyl halides is 2. The highest BCUT2D eigenvalue weighted by Gasteiger charge is 2.43. The molecule has 12 heteroatoms. The Morgan fingerprint density at radius 3 is 2.54 bits per heavy atom. The second-order valence-corrected chi connectivity index (χ2v) is 12.7. The van der Waals surface area contributed by atoms with Gasteiger partial charge >= 0.3 is 6.61 Å². The van der Waals surface area contributed by atoms with E-state index >= 15 is 0 Å². The van der Waals surface area contributed by atoms with Crippen LogP contribution in [0.3, 0.4) is 0 Å². The summed E-state index contributed by atoms with van der Waals surface area (Å²) in [7, 11) is 6.74. The number of ether oxygens (including phenoxy) is 1. The first-order chi connectivity index (χ1) is 19.6. The van der Waals surface area contributed by atoms with Gasteiger partial charge in [-0.1, -0.05) is 46.0 Å². The minimum atomic E-state index is -3.11. The lowest BCUT2D eigenvalue weighted by atomic mass is 9.94. The molecular formula is C29H30BF2N4O4P. The van der Waals surface area contributed by atoms with Crippen molar-refractivity contribution in [1.82, 2.24) is 19.4 Å². The molecule has 8 nitrogen and oxygen atoms in total. The van der Waals surface area contributed by atoms with Crippen molar-refractivity contribution in [3.8, 4) is 16.9 Å². The molecule has 0 saturated heterocycles. The highest BCUT2D eigenvalue weighted by Crippen LogP contribution is 2.48. The number of pyridine rings is 1. The molecule has 1 aliphatic heterocycles. The van der Waals surface area contributed by atoms with E-state index in [-0.39, 0.29) is 31.2 Å². The summed E-state index contributed by atoms with van der Waals surface area (Å²) in [5.41, 5.74) is 4.58. The Bertz CT molecular complexity index is 1560. The minimum absolute atomic E-state index is 0.142. The monoisotopic (exact) mass is 578 g/mol. The van der Waals surface area contributed by atoms with Crippen LogP contribution in [0.25, 0.3) is 22.2 Å². The average molecular weight is 578 g/mol. The zero-order valence-electron chi connectivity index (χ0n) is 22.9. The molecule has 2 radical (unpaired) electrons. The van der Waals surface area contributed by atoms with Gasteiger partial charge in [-0.05, 0) is 55.6 Å². The Labute approximate surface area is 239 Å². The normalized spacial score (nSPS) is 17.1. The van der Waals surface area contributed by atoms with Crippen LogP contribution >= 0.6 is 7.92 Å². The largest absolute Gasteiger partial charge is 0.434 e. The molecule has 2 aromatic carbocycles. The summed E-state index contributed by atoms with van der Waals surface area (Å²) < 4.78 is 33.5. The lowest BCUT2D eigenvalue weighted by Crippen LogP contribution is -2.48. The van der Waals surface area contributed by atoms with Gasteiger partial charge in [-0.15, -0.1) is 0 Å². The first kappa shape index (κ1) is 29.3.